The summed E-state index contributed by atoms with van der Waals surface area (Å²) in [6.07, 6.45) is 4.38. The summed E-state index contributed by atoms with van der Waals surface area (Å²) in [5.41, 5.74) is 0. The molecule has 5 nitrogen and oxygen atoms in total. The summed E-state index contributed by atoms with van der Waals surface area (Å²) >= 11 is 13.5. The first-order valence-corrected chi connectivity index (χ1v) is 11.0. The van der Waals surface area contributed by atoms with E-state index in [-0.39, 0.29) is 28.7 Å². The topological polar surface area (TPSA) is 64.6 Å². The van der Waals surface area contributed by atoms with Crippen molar-refractivity contribution in [1.29, 1.82) is 0 Å². The maximum atomic E-state index is 12.2. The number of likely N-dealkylation sites (tertiary alicyclic amines) is 1. The number of rotatable bonds is 2. The van der Waals surface area contributed by atoms with E-state index in [1.807, 2.05) is 4.90 Å². The Morgan fingerprint density at radius 3 is 2.77 bits per heavy atom. The first-order valence-electron chi connectivity index (χ1n) is 10.2. The second kappa shape index (κ2) is 7.75. The molecule has 148 valence electrons. The van der Waals surface area contributed by atoms with Gasteiger partial charge in [0.25, 0.3) is 0 Å². The monoisotopic (exact) mass is 403 g/mol. The molecule has 9 atom stereocenters. The highest BCUT2D eigenvalue weighted by Crippen LogP contribution is 2.50. The number of carbonyl (C=O) groups excluding carboxylic acids is 1. The molecule has 4 aliphatic rings. The number of amides is 1. The number of fused-ring (bicyclic) bond motifs is 3. The molecule has 0 aromatic rings. The third-order valence-electron chi connectivity index (χ3n) is 7.44. The van der Waals surface area contributed by atoms with Gasteiger partial charge in [-0.3, -0.25) is 4.79 Å². The standard InChI is InChI=1S/C19H31Cl2N3O2/c1-10-5-15-13(8-24(10)16(26)9-25)17-12(11-3-2-4-22-7-11)6-14(20)18(21)19(17)23-15/h10-15,17-19,22-23,25H,2-9H2,1H3/t10-,11?,12?,13?,14?,15?,17?,18?,19?/m1/s1. The van der Waals surface area contributed by atoms with Crippen molar-refractivity contribution < 1.29 is 9.90 Å². The Bertz CT molecular complexity index is 531. The minimum absolute atomic E-state index is 0.00472. The van der Waals surface area contributed by atoms with E-state index < -0.39 is 6.61 Å². The van der Waals surface area contributed by atoms with Gasteiger partial charge in [0.15, 0.2) is 0 Å². The van der Waals surface area contributed by atoms with E-state index in [0.29, 0.717) is 29.7 Å². The average Bonchev–Trinajstić information content (AvgIpc) is 3.02. The Hall–Kier alpha value is -0.0700. The Morgan fingerprint density at radius 1 is 1.27 bits per heavy atom. The normalized spacial score (nSPS) is 48.8. The summed E-state index contributed by atoms with van der Waals surface area (Å²) in [5.74, 6) is 1.91. The van der Waals surface area contributed by atoms with Crippen LogP contribution < -0.4 is 10.6 Å². The highest BCUT2D eigenvalue weighted by molar-refractivity contribution is 6.30. The molecule has 0 bridgehead atoms. The van der Waals surface area contributed by atoms with Gasteiger partial charge in [-0.2, -0.15) is 0 Å². The van der Waals surface area contributed by atoms with E-state index in [1.165, 1.54) is 12.8 Å². The van der Waals surface area contributed by atoms with Gasteiger partial charge in [-0.15, -0.1) is 23.2 Å². The van der Waals surface area contributed by atoms with Crippen molar-refractivity contribution in [2.75, 3.05) is 26.2 Å². The Kier molecular flexibility index (Phi) is 5.74. The van der Waals surface area contributed by atoms with Crippen LogP contribution in [0.5, 0.6) is 0 Å². The molecule has 1 amide bonds. The molecular formula is C19H31Cl2N3O2. The van der Waals surface area contributed by atoms with Crippen LogP contribution in [0.3, 0.4) is 0 Å². The molecule has 0 aromatic heterocycles. The van der Waals surface area contributed by atoms with Crippen molar-refractivity contribution in [3.8, 4) is 0 Å². The van der Waals surface area contributed by atoms with Gasteiger partial charge < -0.3 is 20.6 Å². The molecule has 0 radical (unpaired) electrons. The van der Waals surface area contributed by atoms with Crippen molar-refractivity contribution in [2.45, 2.75) is 61.5 Å². The first-order chi connectivity index (χ1) is 12.5. The molecule has 3 heterocycles. The largest absolute Gasteiger partial charge is 0.387 e. The zero-order valence-corrected chi connectivity index (χ0v) is 16.9. The minimum atomic E-state index is -0.402. The number of hydrogen-bond acceptors (Lipinski definition) is 4. The smallest absolute Gasteiger partial charge is 0.248 e. The highest BCUT2D eigenvalue weighted by Gasteiger charge is 2.57. The van der Waals surface area contributed by atoms with Crippen LogP contribution in [-0.2, 0) is 4.79 Å². The lowest BCUT2D eigenvalue weighted by atomic mass is 9.63. The first kappa shape index (κ1) is 19.3. The van der Waals surface area contributed by atoms with Crippen molar-refractivity contribution in [3.63, 3.8) is 0 Å². The Balaban J connectivity index is 1.60. The van der Waals surface area contributed by atoms with Gasteiger partial charge in [-0.25, -0.2) is 0 Å². The number of aliphatic hydroxyl groups is 1. The minimum Gasteiger partial charge on any atom is -0.387 e. The Morgan fingerprint density at radius 2 is 2.08 bits per heavy atom. The van der Waals surface area contributed by atoms with Crippen molar-refractivity contribution in [3.05, 3.63) is 0 Å². The number of nitrogens with zero attached hydrogens (tertiary/aromatic N) is 1. The molecule has 3 N–H and O–H groups in total. The molecule has 0 aromatic carbocycles. The van der Waals surface area contributed by atoms with Gasteiger partial charge in [0.05, 0.1) is 10.8 Å². The number of halogens is 2. The SMILES string of the molecule is C[C@@H]1CC2NC3C(Cl)C(Cl)CC(C4CCCNC4)C3C2CN1C(=O)CO. The second-order valence-electron chi connectivity index (χ2n) is 8.80. The van der Waals surface area contributed by atoms with Crippen LogP contribution in [0.15, 0.2) is 0 Å². The van der Waals surface area contributed by atoms with Crippen LogP contribution in [0.2, 0.25) is 0 Å². The van der Waals surface area contributed by atoms with Gasteiger partial charge in [-0.1, -0.05) is 0 Å². The number of alkyl halides is 2. The van der Waals surface area contributed by atoms with Gasteiger partial charge in [-0.05, 0) is 69.4 Å². The average molecular weight is 404 g/mol. The van der Waals surface area contributed by atoms with Crippen LogP contribution in [0, 0.1) is 23.7 Å². The third kappa shape index (κ3) is 3.28. The molecule has 3 saturated heterocycles. The highest BCUT2D eigenvalue weighted by atomic mass is 35.5. The molecule has 4 rings (SSSR count). The predicted octanol–water partition coefficient (Wildman–Crippen LogP) is 1.41. The van der Waals surface area contributed by atoms with E-state index in [4.69, 9.17) is 23.2 Å². The molecular weight excluding hydrogens is 373 g/mol. The maximum absolute atomic E-state index is 12.2. The van der Waals surface area contributed by atoms with Gasteiger partial charge >= 0.3 is 0 Å². The summed E-state index contributed by atoms with van der Waals surface area (Å²) in [4.78, 5) is 14.1. The van der Waals surface area contributed by atoms with Crippen LogP contribution in [0.4, 0.5) is 0 Å². The van der Waals surface area contributed by atoms with Crippen molar-refractivity contribution in [1.82, 2.24) is 15.5 Å². The number of nitrogens with one attached hydrogen (secondary N) is 2. The number of hydrogen-bond donors (Lipinski definition) is 3. The lowest BCUT2D eigenvalue weighted by Gasteiger charge is -2.48. The van der Waals surface area contributed by atoms with E-state index in [2.05, 4.69) is 17.6 Å². The molecule has 4 fully saturated rings. The predicted molar refractivity (Wildman–Crippen MR) is 104 cm³/mol. The summed E-state index contributed by atoms with van der Waals surface area (Å²) in [7, 11) is 0. The van der Waals surface area contributed by atoms with E-state index >= 15 is 0 Å². The third-order valence-corrected chi connectivity index (χ3v) is 8.60. The van der Waals surface area contributed by atoms with Gasteiger partial charge in [0, 0.05) is 24.7 Å². The van der Waals surface area contributed by atoms with Gasteiger partial charge in [0.1, 0.15) is 6.61 Å². The van der Waals surface area contributed by atoms with E-state index in [9.17, 15) is 9.90 Å². The summed E-state index contributed by atoms with van der Waals surface area (Å²) in [6.45, 7) is 4.59. The maximum Gasteiger partial charge on any atom is 0.248 e. The molecule has 26 heavy (non-hydrogen) atoms. The fourth-order valence-electron chi connectivity index (χ4n) is 6.26. The van der Waals surface area contributed by atoms with Gasteiger partial charge in [0.2, 0.25) is 5.91 Å². The lowest BCUT2D eigenvalue weighted by molar-refractivity contribution is -0.139. The molecule has 3 aliphatic heterocycles. The number of aliphatic hydroxyl groups excluding tert-OH is 1. The fourth-order valence-corrected chi connectivity index (χ4v) is 6.97. The number of piperidine rings is 2. The zero-order chi connectivity index (χ0) is 18.4. The van der Waals surface area contributed by atoms with Crippen molar-refractivity contribution >= 4 is 29.1 Å². The van der Waals surface area contributed by atoms with E-state index in [0.717, 1.165) is 32.5 Å². The summed E-state index contributed by atoms with van der Waals surface area (Å²) < 4.78 is 0. The van der Waals surface area contributed by atoms with Crippen LogP contribution in [0.1, 0.15) is 32.6 Å². The van der Waals surface area contributed by atoms with Crippen LogP contribution in [-0.4, -0.2) is 71.0 Å². The molecule has 8 unspecified atom stereocenters. The molecule has 0 spiro atoms. The quantitative estimate of drug-likeness (QED) is 0.609. The summed E-state index contributed by atoms with van der Waals surface area (Å²) in [6, 6.07) is 0.773. The molecule has 7 heteroatoms. The van der Waals surface area contributed by atoms with Crippen LogP contribution >= 0.6 is 23.2 Å². The van der Waals surface area contributed by atoms with Crippen LogP contribution in [0.25, 0.3) is 0 Å². The fraction of sp³-hybridized carbons (Fsp3) is 0.947. The second-order valence-corrected chi connectivity index (χ2v) is 9.86. The zero-order valence-electron chi connectivity index (χ0n) is 15.4. The van der Waals surface area contributed by atoms with Crippen molar-refractivity contribution in [2.24, 2.45) is 23.7 Å². The number of carbonyl (C=O) groups is 1. The molecule has 1 aliphatic carbocycles. The molecule has 1 saturated carbocycles. The lowest BCUT2D eigenvalue weighted by Crippen LogP contribution is -2.54. The van der Waals surface area contributed by atoms with E-state index in [1.54, 1.807) is 0 Å². The Labute approximate surface area is 166 Å². The summed E-state index contributed by atoms with van der Waals surface area (Å²) in [5, 5.41) is 16.7.